The number of imidazole rings is 1. The lowest BCUT2D eigenvalue weighted by Gasteiger charge is -2.23. The molecule has 1 fully saturated rings. The zero-order valence-corrected chi connectivity index (χ0v) is 30.0. The van der Waals surface area contributed by atoms with Gasteiger partial charge in [0.05, 0.1) is 30.5 Å². The van der Waals surface area contributed by atoms with E-state index in [0.717, 1.165) is 17.5 Å². The number of Topliss-reactive ketones (excluding diaryl/α,β-unsaturated/α-hetero) is 1. The molecule has 1 atom stereocenters. The van der Waals surface area contributed by atoms with Gasteiger partial charge < -0.3 is 19.0 Å². The highest BCUT2D eigenvalue weighted by atomic mass is 32.2. The van der Waals surface area contributed by atoms with Gasteiger partial charge in [0.1, 0.15) is 11.3 Å². The highest BCUT2D eigenvalue weighted by Gasteiger charge is 2.49. The highest BCUT2D eigenvalue weighted by molar-refractivity contribution is 8.00. The number of thioether (sulfide) groups is 1. The third-order valence-electron chi connectivity index (χ3n) is 8.37. The average Bonchev–Trinajstić information content (AvgIpc) is 3.76. The number of rotatable bonds is 12. The van der Waals surface area contributed by atoms with Crippen LogP contribution in [0, 0.1) is 26.7 Å². The molecular weight excluding hydrogens is 659 g/mol. The second kappa shape index (κ2) is 14.4. The number of nitrogens with zero attached hydrogens (tertiary/aromatic N) is 5. The lowest BCUT2D eigenvalue weighted by atomic mass is 9.96. The van der Waals surface area contributed by atoms with Crippen molar-refractivity contribution in [3.63, 3.8) is 0 Å². The fourth-order valence-electron chi connectivity index (χ4n) is 5.69. The minimum Gasteiger partial charge on any atom is -0.505 e. The number of hydrogen-bond donors (Lipinski definition) is 1. The van der Waals surface area contributed by atoms with Crippen LogP contribution in [0.3, 0.4) is 0 Å². The molecule has 1 aliphatic rings. The number of benzene rings is 2. The summed E-state index contributed by atoms with van der Waals surface area (Å²) in [5.41, 5.74) is 5.17. The van der Waals surface area contributed by atoms with Gasteiger partial charge in [-0.3, -0.25) is 14.5 Å². The Morgan fingerprint density at radius 2 is 1.80 bits per heavy atom. The van der Waals surface area contributed by atoms with Crippen LogP contribution >= 0.6 is 23.1 Å². The van der Waals surface area contributed by atoms with E-state index in [1.165, 1.54) is 33.6 Å². The first-order valence-electron chi connectivity index (χ1n) is 16.2. The maximum atomic E-state index is 14.0. The second-order valence-electron chi connectivity index (χ2n) is 12.4. The number of hydrogen-bond acceptors (Lipinski definition) is 10. The van der Waals surface area contributed by atoms with E-state index in [1.807, 2.05) is 50.4 Å². The normalized spacial score (nSPS) is 15.9. The Balaban J connectivity index is 1.44. The van der Waals surface area contributed by atoms with Crippen molar-refractivity contribution in [2.45, 2.75) is 64.1 Å². The van der Waals surface area contributed by atoms with Crippen molar-refractivity contribution in [3.05, 3.63) is 100 Å². The molecule has 12 heteroatoms. The summed E-state index contributed by atoms with van der Waals surface area (Å²) in [5, 5.41) is 20.9. The molecule has 0 spiro atoms. The molecule has 2 aromatic carbocycles. The number of aliphatic hydroxyl groups excluding tert-OH is 1. The first-order valence-corrected chi connectivity index (χ1v) is 18.0. The van der Waals surface area contributed by atoms with Gasteiger partial charge in [-0.1, -0.05) is 78.9 Å². The first kappa shape index (κ1) is 34.2. The predicted octanol–water partition coefficient (Wildman–Crippen LogP) is 7.85. The average molecular weight is 698 g/mol. The van der Waals surface area contributed by atoms with Crippen LogP contribution in [0.15, 0.2) is 70.7 Å². The molecule has 0 radical (unpaired) electrons. The molecule has 254 valence electrons. The number of pyridine rings is 1. The number of carbonyl (C=O) groups is 2. The Morgan fingerprint density at radius 1 is 1.02 bits per heavy atom. The van der Waals surface area contributed by atoms with Gasteiger partial charge in [-0.2, -0.15) is 0 Å². The molecule has 1 saturated heterocycles. The van der Waals surface area contributed by atoms with E-state index in [0.29, 0.717) is 57.6 Å². The minimum atomic E-state index is -1.03. The van der Waals surface area contributed by atoms with E-state index in [-0.39, 0.29) is 22.2 Å². The van der Waals surface area contributed by atoms with Gasteiger partial charge >= 0.3 is 5.91 Å². The molecule has 49 heavy (non-hydrogen) atoms. The zero-order valence-electron chi connectivity index (χ0n) is 28.4. The number of amides is 1. The van der Waals surface area contributed by atoms with Crippen LogP contribution < -0.4 is 14.4 Å². The third-order valence-corrected chi connectivity index (χ3v) is 10.5. The molecule has 0 aliphatic carbocycles. The highest BCUT2D eigenvalue weighted by Crippen LogP contribution is 2.46. The summed E-state index contributed by atoms with van der Waals surface area (Å²) in [5.74, 6) is 0.148. The van der Waals surface area contributed by atoms with E-state index in [1.54, 1.807) is 18.2 Å². The van der Waals surface area contributed by atoms with E-state index in [9.17, 15) is 14.7 Å². The minimum absolute atomic E-state index is 0.0888. The molecule has 3 aromatic heterocycles. The molecule has 5 aromatic rings. The van der Waals surface area contributed by atoms with Crippen molar-refractivity contribution in [2.75, 3.05) is 18.1 Å². The van der Waals surface area contributed by atoms with Crippen LogP contribution in [0.4, 0.5) is 5.13 Å². The summed E-state index contributed by atoms with van der Waals surface area (Å²) in [4.78, 5) is 33.9. The fourth-order valence-corrected chi connectivity index (χ4v) is 7.52. The first-order chi connectivity index (χ1) is 23.6. The second-order valence-corrected chi connectivity index (χ2v) is 14.6. The van der Waals surface area contributed by atoms with Gasteiger partial charge in [-0.15, -0.1) is 10.2 Å². The number of aliphatic hydroxyl groups is 1. The lowest BCUT2D eigenvalue weighted by Crippen LogP contribution is -2.29. The monoisotopic (exact) mass is 697 g/mol. The van der Waals surface area contributed by atoms with Crippen LogP contribution in [0.2, 0.25) is 0 Å². The largest absolute Gasteiger partial charge is 0.505 e. The van der Waals surface area contributed by atoms with Crippen molar-refractivity contribution in [2.24, 2.45) is 5.92 Å². The van der Waals surface area contributed by atoms with Gasteiger partial charge in [0, 0.05) is 11.9 Å². The number of carbonyl (C=O) groups excluding carboxylic acids is 2. The Labute approximate surface area is 293 Å². The number of ether oxygens (including phenoxy) is 2. The van der Waals surface area contributed by atoms with Crippen LogP contribution in [0.25, 0.3) is 11.4 Å². The summed E-state index contributed by atoms with van der Waals surface area (Å²) in [6, 6.07) is 16.4. The SMILES string of the molecule is CCOc1cc(C2/C(=C(\O)c3nc4c(C)cccn4c3C)C(=O)C(=O)N2c2nnc(SCc3ccc(C)cc3)s2)ccc1OCCC(C)C. The maximum absolute atomic E-state index is 14.0. The molecule has 1 amide bonds. The molecular formula is C37H39N5O5S2. The Kier molecular flexibility index (Phi) is 10.1. The van der Waals surface area contributed by atoms with Crippen LogP contribution in [0.5, 0.6) is 11.5 Å². The molecule has 6 rings (SSSR count). The molecule has 4 heterocycles. The fraction of sp³-hybridized carbons (Fsp3) is 0.324. The van der Waals surface area contributed by atoms with Crippen LogP contribution in [0.1, 0.15) is 66.9 Å². The van der Waals surface area contributed by atoms with Crippen molar-refractivity contribution in [1.82, 2.24) is 19.6 Å². The summed E-state index contributed by atoms with van der Waals surface area (Å²) < 4.78 is 14.6. The van der Waals surface area contributed by atoms with Gasteiger partial charge in [-0.05, 0) is 74.9 Å². The molecule has 0 bridgehead atoms. The van der Waals surface area contributed by atoms with E-state index >= 15 is 0 Å². The third kappa shape index (κ3) is 6.93. The zero-order chi connectivity index (χ0) is 34.8. The van der Waals surface area contributed by atoms with E-state index < -0.39 is 17.7 Å². The number of anilines is 1. The molecule has 1 aliphatic heterocycles. The Morgan fingerprint density at radius 3 is 2.51 bits per heavy atom. The quantitative estimate of drug-likeness (QED) is 0.0457. The predicted molar refractivity (Wildman–Crippen MR) is 193 cm³/mol. The number of aromatic nitrogens is 4. The summed E-state index contributed by atoms with van der Waals surface area (Å²) >= 11 is 2.72. The summed E-state index contributed by atoms with van der Waals surface area (Å²) in [6.45, 7) is 12.8. The lowest BCUT2D eigenvalue weighted by molar-refractivity contribution is -0.132. The molecule has 1 unspecified atom stereocenters. The van der Waals surface area contributed by atoms with E-state index in [4.69, 9.17) is 14.5 Å². The van der Waals surface area contributed by atoms with Gasteiger partial charge in [0.2, 0.25) is 5.13 Å². The van der Waals surface area contributed by atoms with Crippen molar-refractivity contribution in [3.8, 4) is 11.5 Å². The molecule has 1 N–H and O–H groups in total. The maximum Gasteiger partial charge on any atom is 0.301 e. The Bertz CT molecular complexity index is 2050. The van der Waals surface area contributed by atoms with Gasteiger partial charge in [0.25, 0.3) is 5.78 Å². The van der Waals surface area contributed by atoms with Crippen molar-refractivity contribution in [1.29, 1.82) is 0 Å². The van der Waals surface area contributed by atoms with Crippen LogP contribution in [-0.4, -0.2) is 49.6 Å². The van der Waals surface area contributed by atoms with Gasteiger partial charge in [-0.25, -0.2) is 4.98 Å². The summed E-state index contributed by atoms with van der Waals surface area (Å²) in [7, 11) is 0. The molecule has 0 saturated carbocycles. The summed E-state index contributed by atoms with van der Waals surface area (Å²) in [6.07, 6.45) is 2.72. The van der Waals surface area contributed by atoms with E-state index in [2.05, 4.69) is 48.3 Å². The van der Waals surface area contributed by atoms with Crippen molar-refractivity contribution < 1.29 is 24.2 Å². The standard InChI is InChI=1S/C37H39N5O5S2/c1-7-46-28-19-26(14-15-27(28)47-18-16-21(2)3)31-29(32(43)30-24(6)41-17-8-9-23(5)34(41)38-30)33(44)35(45)42(31)36-39-40-37(49-36)48-20-25-12-10-22(4)11-13-25/h8-15,17,19,21,31,43H,7,16,18,20H2,1-6H3/b32-29+. The smallest absolute Gasteiger partial charge is 0.301 e. The van der Waals surface area contributed by atoms with Crippen LogP contribution in [-0.2, 0) is 15.3 Å². The number of fused-ring (bicyclic) bond motifs is 1. The number of ketones is 1. The van der Waals surface area contributed by atoms with Gasteiger partial charge in [0.15, 0.2) is 21.6 Å². The molecule has 10 nitrogen and oxygen atoms in total. The Hall–Kier alpha value is -4.68. The topological polar surface area (TPSA) is 119 Å². The van der Waals surface area contributed by atoms with Crippen molar-refractivity contribution >= 4 is 51.3 Å². The number of aryl methyl sites for hydroxylation is 3.